The van der Waals surface area contributed by atoms with Gasteiger partial charge in [-0.3, -0.25) is 9.59 Å². The zero-order valence-corrected chi connectivity index (χ0v) is 18.0. The molecule has 158 valence electrons. The molecule has 7 nitrogen and oxygen atoms in total. The Morgan fingerprint density at radius 1 is 1.20 bits per heavy atom. The number of aromatic nitrogens is 4. The fourth-order valence-electron chi connectivity index (χ4n) is 3.82. The molecular formula is C22H26N4O3S. The summed E-state index contributed by atoms with van der Waals surface area (Å²) in [6.45, 7) is 3.08. The second-order valence-corrected chi connectivity index (χ2v) is 8.37. The fraction of sp³-hybridized carbons (Fsp3) is 0.455. The standard InChI is InChI=1S/C22H26N4O3S/c1-2-29-18(27)13-9-15-30-22-23-20-19(17-12-7-4-8-14-25(17)22)21(28)26(24-20)16-10-5-3-6-11-16/h3,5-6,10-11H,2,4,7-9,12-15H2,1H3. The second-order valence-electron chi connectivity index (χ2n) is 7.31. The molecule has 4 rings (SSSR count). The Hall–Kier alpha value is -2.61. The van der Waals surface area contributed by atoms with Crippen LogP contribution in [0.1, 0.15) is 44.7 Å². The van der Waals surface area contributed by atoms with Gasteiger partial charge in [-0.15, -0.1) is 5.10 Å². The van der Waals surface area contributed by atoms with Crippen molar-refractivity contribution in [2.24, 2.45) is 0 Å². The van der Waals surface area contributed by atoms with E-state index in [1.54, 1.807) is 11.8 Å². The van der Waals surface area contributed by atoms with Crippen LogP contribution in [0, 0.1) is 0 Å². The first-order chi connectivity index (χ1) is 14.7. The maximum Gasteiger partial charge on any atom is 0.305 e. The van der Waals surface area contributed by atoms with Gasteiger partial charge in [0.2, 0.25) is 0 Å². The SMILES string of the molecule is CCOC(=O)CCCSc1nc2nn(-c3ccccc3)c(=O)c-2c2n1CCCCC2. The smallest absolute Gasteiger partial charge is 0.305 e. The van der Waals surface area contributed by atoms with Gasteiger partial charge in [0.1, 0.15) is 5.56 Å². The summed E-state index contributed by atoms with van der Waals surface area (Å²) in [6, 6.07) is 9.47. The van der Waals surface area contributed by atoms with Crippen molar-refractivity contribution in [3.8, 4) is 17.1 Å². The molecule has 0 N–H and O–H groups in total. The van der Waals surface area contributed by atoms with Gasteiger partial charge in [0, 0.05) is 24.4 Å². The van der Waals surface area contributed by atoms with Crippen LogP contribution in [0.4, 0.5) is 0 Å². The van der Waals surface area contributed by atoms with Crippen molar-refractivity contribution in [3.05, 3.63) is 46.4 Å². The molecule has 0 saturated heterocycles. The highest BCUT2D eigenvalue weighted by molar-refractivity contribution is 7.99. The van der Waals surface area contributed by atoms with Crippen LogP contribution in [0.15, 0.2) is 40.3 Å². The summed E-state index contributed by atoms with van der Waals surface area (Å²) in [6.07, 6.45) is 5.25. The number of carbonyl (C=O) groups is 1. The molecule has 0 fully saturated rings. The molecule has 0 amide bonds. The number of ether oxygens (including phenoxy) is 1. The Morgan fingerprint density at radius 2 is 2.03 bits per heavy atom. The molecule has 0 radical (unpaired) electrons. The largest absolute Gasteiger partial charge is 0.466 e. The number of thioether (sulfide) groups is 1. The Morgan fingerprint density at radius 3 is 2.83 bits per heavy atom. The summed E-state index contributed by atoms with van der Waals surface area (Å²) >= 11 is 1.62. The van der Waals surface area contributed by atoms with Gasteiger partial charge in [-0.25, -0.2) is 4.98 Å². The molecule has 8 heteroatoms. The predicted molar refractivity (Wildman–Crippen MR) is 116 cm³/mol. The van der Waals surface area contributed by atoms with Gasteiger partial charge in [-0.2, -0.15) is 4.68 Å². The Kier molecular flexibility index (Phi) is 6.52. The van der Waals surface area contributed by atoms with E-state index in [2.05, 4.69) is 9.67 Å². The monoisotopic (exact) mass is 426 g/mol. The average molecular weight is 427 g/mol. The van der Waals surface area contributed by atoms with E-state index in [4.69, 9.17) is 9.72 Å². The van der Waals surface area contributed by atoms with Crippen LogP contribution in [-0.2, 0) is 22.5 Å². The first-order valence-corrected chi connectivity index (χ1v) is 11.5. The van der Waals surface area contributed by atoms with Gasteiger partial charge >= 0.3 is 5.97 Å². The summed E-state index contributed by atoms with van der Waals surface area (Å²) in [5.74, 6) is 1.11. The lowest BCUT2D eigenvalue weighted by Gasteiger charge is -2.17. The third-order valence-corrected chi connectivity index (χ3v) is 6.29. The number of nitrogens with zero attached hydrogens (tertiary/aromatic N) is 4. The van der Waals surface area contributed by atoms with E-state index in [0.717, 1.165) is 60.9 Å². The minimum Gasteiger partial charge on any atom is -0.466 e. The summed E-state index contributed by atoms with van der Waals surface area (Å²) in [5, 5.41) is 5.43. The van der Waals surface area contributed by atoms with Crippen LogP contribution in [0.3, 0.4) is 0 Å². The van der Waals surface area contributed by atoms with Gasteiger partial charge in [0.15, 0.2) is 11.0 Å². The average Bonchev–Trinajstić information content (AvgIpc) is 2.92. The van der Waals surface area contributed by atoms with E-state index in [1.807, 2.05) is 37.3 Å². The minimum atomic E-state index is -0.161. The Labute approximate surface area is 179 Å². The van der Waals surface area contributed by atoms with Crippen molar-refractivity contribution < 1.29 is 9.53 Å². The maximum absolute atomic E-state index is 13.2. The minimum absolute atomic E-state index is 0.104. The number of rotatable bonds is 7. The third kappa shape index (κ3) is 4.28. The molecule has 1 aromatic carbocycles. The first-order valence-electron chi connectivity index (χ1n) is 10.6. The third-order valence-electron chi connectivity index (χ3n) is 5.23. The molecule has 0 unspecified atom stereocenters. The second kappa shape index (κ2) is 9.47. The van der Waals surface area contributed by atoms with Crippen molar-refractivity contribution in [2.75, 3.05) is 12.4 Å². The number of benzene rings is 1. The van der Waals surface area contributed by atoms with Gasteiger partial charge in [-0.05, 0) is 44.7 Å². The fourth-order valence-corrected chi connectivity index (χ4v) is 4.80. The van der Waals surface area contributed by atoms with E-state index in [1.165, 1.54) is 4.68 Å². The zero-order chi connectivity index (χ0) is 20.9. The number of esters is 1. The van der Waals surface area contributed by atoms with E-state index < -0.39 is 0 Å². The molecular weight excluding hydrogens is 400 g/mol. The van der Waals surface area contributed by atoms with Gasteiger partial charge in [0.25, 0.3) is 5.56 Å². The quantitative estimate of drug-likeness (QED) is 0.248. The lowest BCUT2D eigenvalue weighted by atomic mass is 10.1. The van der Waals surface area contributed by atoms with Crippen LogP contribution < -0.4 is 5.56 Å². The van der Waals surface area contributed by atoms with Gasteiger partial charge < -0.3 is 9.30 Å². The molecule has 0 saturated carbocycles. The Bertz CT molecular complexity index is 1040. The van der Waals surface area contributed by atoms with Gasteiger partial charge in [0.05, 0.1) is 12.3 Å². The highest BCUT2D eigenvalue weighted by Gasteiger charge is 2.27. The maximum atomic E-state index is 13.2. The van der Waals surface area contributed by atoms with E-state index in [9.17, 15) is 9.59 Å². The van der Waals surface area contributed by atoms with Crippen molar-refractivity contribution in [2.45, 2.75) is 57.1 Å². The summed E-state index contributed by atoms with van der Waals surface area (Å²) in [7, 11) is 0. The van der Waals surface area contributed by atoms with E-state index in [0.29, 0.717) is 24.4 Å². The normalized spacial score (nSPS) is 13.8. The van der Waals surface area contributed by atoms with Crippen molar-refractivity contribution >= 4 is 17.7 Å². The number of carbonyl (C=O) groups excluding carboxylic acids is 1. The molecule has 0 atom stereocenters. The molecule has 0 spiro atoms. The highest BCUT2D eigenvalue weighted by Crippen LogP contribution is 2.30. The van der Waals surface area contributed by atoms with Crippen LogP contribution in [0.5, 0.6) is 0 Å². The van der Waals surface area contributed by atoms with E-state index >= 15 is 0 Å². The van der Waals surface area contributed by atoms with E-state index in [-0.39, 0.29) is 11.5 Å². The van der Waals surface area contributed by atoms with Crippen LogP contribution in [-0.4, -0.2) is 37.7 Å². The van der Waals surface area contributed by atoms with Crippen molar-refractivity contribution in [1.82, 2.24) is 19.3 Å². The molecule has 0 bridgehead atoms. The number of fused-ring (bicyclic) bond motifs is 3. The predicted octanol–water partition coefficient (Wildman–Crippen LogP) is 3.70. The Balaban J connectivity index is 1.67. The van der Waals surface area contributed by atoms with Crippen LogP contribution >= 0.6 is 11.8 Å². The number of para-hydroxylation sites is 1. The zero-order valence-electron chi connectivity index (χ0n) is 17.2. The van der Waals surface area contributed by atoms with Crippen LogP contribution in [0.25, 0.3) is 17.1 Å². The summed E-state index contributed by atoms with van der Waals surface area (Å²) in [4.78, 5) is 29.6. The lowest BCUT2D eigenvalue weighted by molar-refractivity contribution is -0.143. The molecule has 30 heavy (non-hydrogen) atoms. The molecule has 3 aliphatic heterocycles. The van der Waals surface area contributed by atoms with Crippen LogP contribution in [0.2, 0.25) is 0 Å². The summed E-state index contributed by atoms with van der Waals surface area (Å²) < 4.78 is 8.65. The molecule has 0 aliphatic carbocycles. The van der Waals surface area contributed by atoms with Crippen molar-refractivity contribution in [3.63, 3.8) is 0 Å². The lowest BCUT2D eigenvalue weighted by Crippen LogP contribution is -2.19. The molecule has 1 aromatic rings. The molecule has 0 aromatic heterocycles. The van der Waals surface area contributed by atoms with Gasteiger partial charge in [-0.1, -0.05) is 36.4 Å². The topological polar surface area (TPSA) is 79.0 Å². The first kappa shape index (κ1) is 20.7. The summed E-state index contributed by atoms with van der Waals surface area (Å²) in [5.41, 5.74) is 2.32. The van der Waals surface area contributed by atoms with Crippen molar-refractivity contribution in [1.29, 1.82) is 0 Å². The highest BCUT2D eigenvalue weighted by atomic mass is 32.2. The number of hydrogen-bond acceptors (Lipinski definition) is 6. The number of hydrogen-bond donors (Lipinski definition) is 0. The molecule has 3 aliphatic rings. The molecule has 3 heterocycles.